The molecular weight excluding hydrogens is 308 g/mol. The van der Waals surface area contributed by atoms with Gasteiger partial charge in [0.25, 0.3) is 0 Å². The predicted molar refractivity (Wildman–Crippen MR) is 90.4 cm³/mol. The van der Waals surface area contributed by atoms with Gasteiger partial charge >= 0.3 is 6.09 Å². The second kappa shape index (κ2) is 7.21. The number of anilines is 1. The third-order valence-electron chi connectivity index (χ3n) is 3.64. The summed E-state index contributed by atoms with van der Waals surface area (Å²) in [6, 6.07) is 9.07. The summed E-state index contributed by atoms with van der Waals surface area (Å²) < 4.78 is 5.39. The summed E-state index contributed by atoms with van der Waals surface area (Å²) in [4.78, 5) is 15.9. The van der Waals surface area contributed by atoms with Crippen molar-refractivity contribution in [2.75, 3.05) is 31.1 Å². The van der Waals surface area contributed by atoms with Gasteiger partial charge in [-0.1, -0.05) is 5.16 Å². The first-order valence-corrected chi connectivity index (χ1v) is 7.79. The van der Waals surface area contributed by atoms with Crippen molar-refractivity contribution in [3.8, 4) is 6.07 Å². The topological polar surface area (TPSA) is 89.2 Å². The number of hydrogen-bond donors (Lipinski definition) is 1. The van der Waals surface area contributed by atoms with E-state index in [1.54, 1.807) is 17.0 Å². The number of oxime groups is 1. The van der Waals surface area contributed by atoms with Gasteiger partial charge in [0.05, 0.1) is 0 Å². The maximum atomic E-state index is 12.1. The first-order chi connectivity index (χ1) is 11.3. The highest BCUT2D eigenvalue weighted by atomic mass is 16.6. The zero-order valence-corrected chi connectivity index (χ0v) is 14.2. The van der Waals surface area contributed by atoms with Crippen LogP contribution in [0.25, 0.3) is 0 Å². The zero-order valence-electron chi connectivity index (χ0n) is 14.2. The van der Waals surface area contributed by atoms with E-state index in [2.05, 4.69) is 10.1 Å². The normalized spacial score (nSPS) is 15.8. The molecule has 7 nitrogen and oxygen atoms in total. The zero-order chi connectivity index (χ0) is 17.7. The highest BCUT2D eigenvalue weighted by molar-refractivity contribution is 6.11. The Morgan fingerprint density at radius 2 is 1.79 bits per heavy atom. The van der Waals surface area contributed by atoms with Crippen molar-refractivity contribution >= 4 is 17.5 Å². The molecule has 0 bridgehead atoms. The third-order valence-corrected chi connectivity index (χ3v) is 3.64. The van der Waals surface area contributed by atoms with Gasteiger partial charge in [0.2, 0.25) is 0 Å². The maximum absolute atomic E-state index is 12.1. The highest BCUT2D eigenvalue weighted by Gasteiger charge is 2.25. The van der Waals surface area contributed by atoms with Gasteiger partial charge in [-0.15, -0.1) is 0 Å². The number of nitrogens with zero attached hydrogens (tertiary/aromatic N) is 4. The molecule has 2 rings (SSSR count). The standard InChI is InChI=1S/C17H22N4O3/c1-17(2,3)24-16(22)21-10-8-20(9-11-21)14-6-4-13(5-7-14)15(12-18)19-23/h4-7,23H,8-11H2,1-3H3. The van der Waals surface area contributed by atoms with E-state index in [0.717, 1.165) is 5.69 Å². The van der Waals surface area contributed by atoms with E-state index < -0.39 is 5.60 Å². The predicted octanol–water partition coefficient (Wildman–Crippen LogP) is 2.45. The van der Waals surface area contributed by atoms with Gasteiger partial charge in [-0.3, -0.25) is 0 Å². The SMILES string of the molecule is CC(C)(C)OC(=O)N1CCN(c2ccc(C(C#N)=NO)cc2)CC1. The van der Waals surface area contributed by atoms with Gasteiger partial charge in [-0.2, -0.15) is 5.26 Å². The number of nitriles is 1. The van der Waals surface area contributed by atoms with Crippen molar-refractivity contribution < 1.29 is 14.7 Å². The quantitative estimate of drug-likeness (QED) is 0.511. The van der Waals surface area contributed by atoms with Crippen molar-refractivity contribution in [2.24, 2.45) is 5.16 Å². The Kier molecular flexibility index (Phi) is 5.29. The first kappa shape index (κ1) is 17.6. The summed E-state index contributed by atoms with van der Waals surface area (Å²) in [5, 5.41) is 20.6. The van der Waals surface area contributed by atoms with Crippen LogP contribution in [0, 0.1) is 11.3 Å². The molecule has 1 aliphatic rings. The minimum atomic E-state index is -0.489. The fraction of sp³-hybridized carbons (Fsp3) is 0.471. The van der Waals surface area contributed by atoms with Crippen LogP contribution in [0.2, 0.25) is 0 Å². The minimum absolute atomic E-state index is 0.0173. The lowest BCUT2D eigenvalue weighted by Gasteiger charge is -2.36. The number of carbonyl (C=O) groups is 1. The highest BCUT2D eigenvalue weighted by Crippen LogP contribution is 2.19. The summed E-state index contributed by atoms with van der Waals surface area (Å²) in [6.45, 7) is 8.17. The van der Waals surface area contributed by atoms with Crippen LogP contribution < -0.4 is 4.90 Å². The van der Waals surface area contributed by atoms with Crippen LogP contribution in [0.1, 0.15) is 26.3 Å². The summed E-state index contributed by atoms with van der Waals surface area (Å²) in [6.07, 6.45) is -0.282. The molecule has 0 aliphatic carbocycles. The molecule has 0 spiro atoms. The van der Waals surface area contributed by atoms with Crippen LogP contribution in [-0.4, -0.2) is 53.7 Å². The molecule has 1 fully saturated rings. The molecule has 0 saturated carbocycles. The van der Waals surface area contributed by atoms with E-state index in [1.807, 2.05) is 39.0 Å². The fourth-order valence-corrected chi connectivity index (χ4v) is 2.45. The molecule has 1 aromatic rings. The lowest BCUT2D eigenvalue weighted by Crippen LogP contribution is -2.50. The molecule has 0 unspecified atom stereocenters. The Morgan fingerprint density at radius 1 is 1.21 bits per heavy atom. The van der Waals surface area contributed by atoms with Crippen molar-refractivity contribution in [3.05, 3.63) is 29.8 Å². The number of amides is 1. The number of ether oxygens (including phenoxy) is 1. The average Bonchev–Trinajstić information content (AvgIpc) is 2.55. The largest absolute Gasteiger partial charge is 0.444 e. The smallest absolute Gasteiger partial charge is 0.410 e. The Labute approximate surface area is 141 Å². The molecule has 1 aliphatic heterocycles. The number of carbonyl (C=O) groups excluding carboxylic acids is 1. The van der Waals surface area contributed by atoms with Gasteiger partial charge in [0, 0.05) is 37.4 Å². The lowest BCUT2D eigenvalue weighted by atomic mass is 10.1. The van der Waals surface area contributed by atoms with Crippen LogP contribution in [-0.2, 0) is 4.74 Å². The van der Waals surface area contributed by atoms with Crippen LogP contribution in [0.4, 0.5) is 10.5 Å². The molecular formula is C17H22N4O3. The Morgan fingerprint density at radius 3 is 2.25 bits per heavy atom. The molecule has 1 heterocycles. The molecule has 0 radical (unpaired) electrons. The van der Waals surface area contributed by atoms with Crippen LogP contribution in [0.5, 0.6) is 0 Å². The molecule has 1 N–H and O–H groups in total. The number of benzene rings is 1. The lowest BCUT2D eigenvalue weighted by molar-refractivity contribution is 0.0240. The van der Waals surface area contributed by atoms with Crippen molar-refractivity contribution in [1.82, 2.24) is 4.90 Å². The van der Waals surface area contributed by atoms with Crippen LogP contribution in [0.3, 0.4) is 0 Å². The summed E-state index contributed by atoms with van der Waals surface area (Å²) in [5.74, 6) is 0. The second-order valence-corrected chi connectivity index (χ2v) is 6.56. The summed E-state index contributed by atoms with van der Waals surface area (Å²) in [7, 11) is 0. The second-order valence-electron chi connectivity index (χ2n) is 6.56. The van der Waals surface area contributed by atoms with Gasteiger partial charge in [-0.05, 0) is 45.0 Å². The third kappa shape index (κ3) is 4.38. The van der Waals surface area contributed by atoms with Gasteiger partial charge < -0.3 is 19.7 Å². The van der Waals surface area contributed by atoms with Crippen molar-refractivity contribution in [1.29, 1.82) is 5.26 Å². The van der Waals surface area contributed by atoms with E-state index in [4.69, 9.17) is 15.2 Å². The van der Waals surface area contributed by atoms with E-state index in [1.165, 1.54) is 0 Å². The van der Waals surface area contributed by atoms with Gasteiger partial charge in [0.1, 0.15) is 11.7 Å². The Hall–Kier alpha value is -2.75. The van der Waals surface area contributed by atoms with E-state index in [-0.39, 0.29) is 11.8 Å². The number of rotatable bonds is 2. The molecule has 1 saturated heterocycles. The van der Waals surface area contributed by atoms with E-state index in [0.29, 0.717) is 31.7 Å². The van der Waals surface area contributed by atoms with Crippen molar-refractivity contribution in [2.45, 2.75) is 26.4 Å². The average molecular weight is 330 g/mol. The monoisotopic (exact) mass is 330 g/mol. The van der Waals surface area contributed by atoms with Crippen molar-refractivity contribution in [3.63, 3.8) is 0 Å². The molecule has 128 valence electrons. The van der Waals surface area contributed by atoms with Crippen LogP contribution >= 0.6 is 0 Å². The minimum Gasteiger partial charge on any atom is -0.444 e. The first-order valence-electron chi connectivity index (χ1n) is 7.79. The summed E-state index contributed by atoms with van der Waals surface area (Å²) in [5.41, 5.74) is 1.06. The summed E-state index contributed by atoms with van der Waals surface area (Å²) >= 11 is 0. The molecule has 7 heteroatoms. The maximum Gasteiger partial charge on any atom is 0.410 e. The van der Waals surface area contributed by atoms with Crippen LogP contribution in [0.15, 0.2) is 29.4 Å². The molecule has 0 aromatic heterocycles. The molecule has 24 heavy (non-hydrogen) atoms. The molecule has 0 atom stereocenters. The van der Waals surface area contributed by atoms with Gasteiger partial charge in [-0.25, -0.2) is 4.79 Å². The fourth-order valence-electron chi connectivity index (χ4n) is 2.45. The van der Waals surface area contributed by atoms with E-state index in [9.17, 15) is 4.79 Å². The number of piperazine rings is 1. The molecule has 1 aromatic carbocycles. The Balaban J connectivity index is 1.95. The molecule has 1 amide bonds. The van der Waals surface area contributed by atoms with E-state index >= 15 is 0 Å². The van der Waals surface area contributed by atoms with Gasteiger partial charge in [0.15, 0.2) is 5.71 Å². The number of hydrogen-bond acceptors (Lipinski definition) is 6. The Bertz CT molecular complexity index is 648.